The second kappa shape index (κ2) is 9.75. The summed E-state index contributed by atoms with van der Waals surface area (Å²) >= 11 is 0. The van der Waals surface area contributed by atoms with Crippen molar-refractivity contribution < 1.29 is 9.53 Å². The van der Waals surface area contributed by atoms with Gasteiger partial charge in [-0.3, -0.25) is 9.59 Å². The topological polar surface area (TPSA) is 84.1 Å². The van der Waals surface area contributed by atoms with Gasteiger partial charge in [0.15, 0.2) is 0 Å². The number of H-pyrrole nitrogens is 1. The van der Waals surface area contributed by atoms with Crippen LogP contribution in [0.15, 0.2) is 89.7 Å². The van der Waals surface area contributed by atoms with E-state index >= 15 is 0 Å². The lowest BCUT2D eigenvalue weighted by molar-refractivity contribution is 0.102. The van der Waals surface area contributed by atoms with Gasteiger partial charge in [-0.25, -0.2) is 4.98 Å². The maximum atomic E-state index is 12.7. The molecule has 6 heteroatoms. The fourth-order valence-electron chi connectivity index (χ4n) is 3.22. The zero-order valence-corrected chi connectivity index (χ0v) is 17.7. The number of aromatic nitrogens is 2. The minimum Gasteiger partial charge on any atom is -0.489 e. The fourth-order valence-corrected chi connectivity index (χ4v) is 3.22. The summed E-state index contributed by atoms with van der Waals surface area (Å²) in [4.78, 5) is 31.8. The van der Waals surface area contributed by atoms with E-state index in [-0.39, 0.29) is 11.5 Å². The zero-order valence-electron chi connectivity index (χ0n) is 17.7. The molecular weight excluding hydrogens is 402 g/mol. The van der Waals surface area contributed by atoms with Crippen molar-refractivity contribution in [1.29, 1.82) is 0 Å². The number of aromatic amines is 1. The van der Waals surface area contributed by atoms with Crippen molar-refractivity contribution in [2.45, 2.75) is 20.0 Å². The summed E-state index contributed by atoms with van der Waals surface area (Å²) in [5, 5.41) is 2.89. The number of nitrogens with zero attached hydrogens (tertiary/aromatic N) is 1. The summed E-state index contributed by atoms with van der Waals surface area (Å²) in [6.45, 7) is 2.41. The predicted molar refractivity (Wildman–Crippen MR) is 125 cm³/mol. The number of rotatable bonds is 7. The molecule has 160 valence electrons. The van der Waals surface area contributed by atoms with Crippen LogP contribution < -0.4 is 15.6 Å². The van der Waals surface area contributed by atoms with Crippen LogP contribution >= 0.6 is 0 Å². The Balaban J connectivity index is 1.43. The second-order valence-electron chi connectivity index (χ2n) is 7.27. The number of carbonyl (C=O) groups excluding carboxylic acids is 1. The van der Waals surface area contributed by atoms with Crippen LogP contribution in [-0.4, -0.2) is 15.9 Å². The first-order valence-corrected chi connectivity index (χ1v) is 10.4. The molecule has 0 saturated carbocycles. The number of aryl methyl sites for hydroxylation is 1. The summed E-state index contributed by atoms with van der Waals surface area (Å²) in [6.07, 6.45) is 0.665. The molecule has 4 aromatic rings. The molecular formula is C26H23N3O3. The molecule has 6 nitrogen and oxygen atoms in total. The Bertz CT molecular complexity index is 1270. The van der Waals surface area contributed by atoms with Gasteiger partial charge < -0.3 is 15.0 Å². The lowest BCUT2D eigenvalue weighted by atomic mass is 10.1. The molecule has 0 atom stereocenters. The minimum absolute atomic E-state index is 0.198. The first-order valence-electron chi connectivity index (χ1n) is 10.4. The molecule has 0 aliphatic heterocycles. The van der Waals surface area contributed by atoms with Crippen LogP contribution in [-0.2, 0) is 13.0 Å². The highest BCUT2D eigenvalue weighted by atomic mass is 16.5. The van der Waals surface area contributed by atoms with Gasteiger partial charge in [0.05, 0.1) is 0 Å². The monoisotopic (exact) mass is 425 g/mol. The standard InChI is InChI=1S/C26H23N3O3/c1-2-21-16-24(30)29-25(27-21)20-9-6-10-22(15-20)28-26(31)19-11-13-23(14-12-19)32-17-18-7-4-3-5-8-18/h3-16H,2,17H2,1H3,(H,28,31)(H,27,29,30). The van der Waals surface area contributed by atoms with E-state index in [1.54, 1.807) is 36.4 Å². The number of hydrogen-bond donors (Lipinski definition) is 2. The Morgan fingerprint density at radius 3 is 2.50 bits per heavy atom. The number of carbonyl (C=O) groups is 1. The fraction of sp³-hybridized carbons (Fsp3) is 0.115. The Hall–Kier alpha value is -4.19. The number of ether oxygens (including phenoxy) is 1. The van der Waals surface area contributed by atoms with Crippen LogP contribution in [0.25, 0.3) is 11.4 Å². The molecule has 1 amide bonds. The van der Waals surface area contributed by atoms with Crippen LogP contribution in [0, 0.1) is 0 Å². The largest absolute Gasteiger partial charge is 0.489 e. The molecule has 32 heavy (non-hydrogen) atoms. The van der Waals surface area contributed by atoms with E-state index in [0.29, 0.717) is 41.5 Å². The van der Waals surface area contributed by atoms with Crippen LogP contribution in [0.4, 0.5) is 5.69 Å². The number of nitrogens with one attached hydrogen (secondary N) is 2. The van der Waals surface area contributed by atoms with Crippen molar-refractivity contribution in [3.63, 3.8) is 0 Å². The molecule has 0 unspecified atom stereocenters. The third kappa shape index (κ3) is 5.29. The quantitative estimate of drug-likeness (QED) is 0.444. The zero-order chi connectivity index (χ0) is 22.3. The van der Waals surface area contributed by atoms with Gasteiger partial charge >= 0.3 is 0 Å². The van der Waals surface area contributed by atoms with E-state index in [1.165, 1.54) is 6.07 Å². The van der Waals surface area contributed by atoms with E-state index in [1.807, 2.05) is 49.4 Å². The summed E-state index contributed by atoms with van der Waals surface area (Å²) in [5.74, 6) is 0.934. The Morgan fingerprint density at radius 1 is 0.969 bits per heavy atom. The average molecular weight is 425 g/mol. The number of benzene rings is 3. The van der Waals surface area contributed by atoms with Gasteiger partial charge in [0.1, 0.15) is 18.2 Å². The molecule has 2 N–H and O–H groups in total. The van der Waals surface area contributed by atoms with Gasteiger partial charge in [-0.2, -0.15) is 0 Å². The Kier molecular flexibility index (Phi) is 6.41. The predicted octanol–water partition coefficient (Wildman–Crippen LogP) is 4.83. The van der Waals surface area contributed by atoms with Crippen molar-refractivity contribution in [3.8, 4) is 17.1 Å². The van der Waals surface area contributed by atoms with Crippen molar-refractivity contribution in [1.82, 2.24) is 9.97 Å². The van der Waals surface area contributed by atoms with Gasteiger partial charge in [-0.1, -0.05) is 49.4 Å². The lowest BCUT2D eigenvalue weighted by Crippen LogP contribution is -2.12. The summed E-state index contributed by atoms with van der Waals surface area (Å²) in [6, 6.07) is 25.6. The molecule has 0 aliphatic rings. The van der Waals surface area contributed by atoms with Crippen molar-refractivity contribution in [2.75, 3.05) is 5.32 Å². The molecule has 4 rings (SSSR count). The normalized spacial score (nSPS) is 10.5. The lowest BCUT2D eigenvalue weighted by Gasteiger charge is -2.09. The number of anilines is 1. The molecule has 1 heterocycles. The highest BCUT2D eigenvalue weighted by Crippen LogP contribution is 2.20. The summed E-state index contributed by atoms with van der Waals surface area (Å²) in [7, 11) is 0. The molecule has 0 spiro atoms. The highest BCUT2D eigenvalue weighted by Gasteiger charge is 2.09. The van der Waals surface area contributed by atoms with Gasteiger partial charge in [-0.15, -0.1) is 0 Å². The number of hydrogen-bond acceptors (Lipinski definition) is 4. The van der Waals surface area contributed by atoms with Crippen molar-refractivity contribution >= 4 is 11.6 Å². The van der Waals surface area contributed by atoms with Gasteiger partial charge in [0.2, 0.25) is 0 Å². The highest BCUT2D eigenvalue weighted by molar-refractivity contribution is 6.04. The molecule has 0 saturated heterocycles. The Labute approximate surface area is 185 Å². The van der Waals surface area contributed by atoms with E-state index in [2.05, 4.69) is 15.3 Å². The second-order valence-corrected chi connectivity index (χ2v) is 7.27. The van der Waals surface area contributed by atoms with Gasteiger partial charge in [-0.05, 0) is 48.4 Å². The van der Waals surface area contributed by atoms with Crippen LogP contribution in [0.1, 0.15) is 28.5 Å². The minimum atomic E-state index is -0.236. The third-order valence-electron chi connectivity index (χ3n) is 4.92. The maximum Gasteiger partial charge on any atom is 0.255 e. The average Bonchev–Trinajstić information content (AvgIpc) is 2.83. The first kappa shape index (κ1) is 21.1. The van der Waals surface area contributed by atoms with Crippen molar-refractivity contribution in [2.24, 2.45) is 0 Å². The third-order valence-corrected chi connectivity index (χ3v) is 4.92. The Morgan fingerprint density at radius 2 is 1.75 bits per heavy atom. The summed E-state index contributed by atoms with van der Waals surface area (Å²) in [5.41, 5.74) is 3.45. The van der Waals surface area contributed by atoms with E-state index in [0.717, 1.165) is 11.1 Å². The molecule has 3 aromatic carbocycles. The van der Waals surface area contributed by atoms with Crippen molar-refractivity contribution in [3.05, 3.63) is 112 Å². The van der Waals surface area contributed by atoms with E-state index < -0.39 is 0 Å². The van der Waals surface area contributed by atoms with E-state index in [9.17, 15) is 9.59 Å². The van der Waals surface area contributed by atoms with Crippen LogP contribution in [0.5, 0.6) is 5.75 Å². The molecule has 0 fully saturated rings. The van der Waals surface area contributed by atoms with Gasteiger partial charge in [0, 0.05) is 28.6 Å². The molecule has 1 aromatic heterocycles. The number of amides is 1. The van der Waals surface area contributed by atoms with Crippen LogP contribution in [0.3, 0.4) is 0 Å². The smallest absolute Gasteiger partial charge is 0.255 e. The summed E-state index contributed by atoms with van der Waals surface area (Å²) < 4.78 is 5.77. The maximum absolute atomic E-state index is 12.7. The SMILES string of the molecule is CCc1cc(=O)[nH]c(-c2cccc(NC(=O)c3ccc(OCc4ccccc4)cc3)c2)n1. The van der Waals surface area contributed by atoms with E-state index in [4.69, 9.17) is 4.74 Å². The van der Waals surface area contributed by atoms with Crippen LogP contribution in [0.2, 0.25) is 0 Å². The molecule has 0 bridgehead atoms. The molecule has 0 aliphatic carbocycles. The molecule has 0 radical (unpaired) electrons. The first-order chi connectivity index (χ1) is 15.6. The van der Waals surface area contributed by atoms with Gasteiger partial charge in [0.25, 0.3) is 11.5 Å².